The van der Waals surface area contributed by atoms with Gasteiger partial charge < -0.3 is 10.5 Å². The minimum Gasteiger partial charge on any atom is -0.462 e. The Labute approximate surface area is 107 Å². The highest BCUT2D eigenvalue weighted by Gasteiger charge is 2.11. The van der Waals surface area contributed by atoms with E-state index in [1.165, 1.54) is 6.07 Å². The summed E-state index contributed by atoms with van der Waals surface area (Å²) in [5.74, 6) is 0.207. The number of carbonyl (C=O) groups excluding carboxylic acids is 1. The molecule has 0 saturated heterocycles. The molecule has 0 atom stereocenters. The first-order chi connectivity index (χ1) is 8.00. The molecular formula is C13H18ClNO2. The number of nitrogen functional groups attached to an aromatic ring is 1. The van der Waals surface area contributed by atoms with E-state index in [-0.39, 0.29) is 0 Å². The summed E-state index contributed by atoms with van der Waals surface area (Å²) in [7, 11) is 0. The Balaban J connectivity index is 2.49. The lowest BCUT2D eigenvalue weighted by Gasteiger charge is -2.08. The summed E-state index contributed by atoms with van der Waals surface area (Å²) in [4.78, 5) is 11.7. The lowest BCUT2D eigenvalue weighted by atomic mass is 10.1. The molecule has 17 heavy (non-hydrogen) atoms. The first-order valence-corrected chi connectivity index (χ1v) is 6.10. The average Bonchev–Trinajstić information content (AvgIpc) is 2.27. The summed E-state index contributed by atoms with van der Waals surface area (Å²) >= 11 is 5.80. The molecule has 2 N–H and O–H groups in total. The van der Waals surface area contributed by atoms with E-state index in [9.17, 15) is 4.79 Å². The third kappa shape index (κ3) is 4.65. The van der Waals surface area contributed by atoms with Gasteiger partial charge in [0.1, 0.15) is 0 Å². The molecule has 0 amide bonds. The maximum atomic E-state index is 11.7. The summed E-state index contributed by atoms with van der Waals surface area (Å²) < 4.78 is 5.14. The molecule has 1 rings (SSSR count). The van der Waals surface area contributed by atoms with E-state index in [0.717, 1.165) is 12.8 Å². The molecule has 0 radical (unpaired) electrons. The van der Waals surface area contributed by atoms with Crippen molar-refractivity contribution in [2.24, 2.45) is 5.92 Å². The highest BCUT2D eigenvalue weighted by molar-refractivity contribution is 6.31. The number of carbonyl (C=O) groups is 1. The van der Waals surface area contributed by atoms with Crippen molar-refractivity contribution in [1.82, 2.24) is 0 Å². The fourth-order valence-corrected chi connectivity index (χ4v) is 1.61. The summed E-state index contributed by atoms with van der Waals surface area (Å²) in [6, 6.07) is 4.78. The summed E-state index contributed by atoms with van der Waals surface area (Å²) in [5, 5.41) is 0.480. The van der Waals surface area contributed by atoms with Gasteiger partial charge in [0.25, 0.3) is 0 Å². The van der Waals surface area contributed by atoms with Gasteiger partial charge in [-0.15, -0.1) is 0 Å². The number of nitrogens with two attached hydrogens (primary N) is 1. The average molecular weight is 256 g/mol. The van der Waals surface area contributed by atoms with Crippen molar-refractivity contribution >= 4 is 23.3 Å². The normalized spacial score (nSPS) is 10.6. The molecule has 0 saturated carbocycles. The lowest BCUT2D eigenvalue weighted by molar-refractivity contribution is 0.0496. The number of rotatable bonds is 5. The predicted octanol–water partition coefficient (Wildman–Crippen LogP) is 3.52. The zero-order valence-electron chi connectivity index (χ0n) is 10.2. The summed E-state index contributed by atoms with van der Waals surface area (Å²) in [6.07, 6.45) is 1.90. The Hall–Kier alpha value is -1.22. The molecule has 1 aromatic carbocycles. The van der Waals surface area contributed by atoms with Crippen molar-refractivity contribution in [3.8, 4) is 0 Å². The summed E-state index contributed by atoms with van der Waals surface area (Å²) in [6.45, 7) is 4.69. The lowest BCUT2D eigenvalue weighted by Crippen LogP contribution is -2.09. The van der Waals surface area contributed by atoms with Crippen molar-refractivity contribution in [3.63, 3.8) is 0 Å². The third-order valence-corrected chi connectivity index (χ3v) is 2.63. The zero-order valence-corrected chi connectivity index (χ0v) is 11.0. The molecule has 4 heteroatoms. The molecule has 0 bridgehead atoms. The number of hydrogen-bond donors (Lipinski definition) is 1. The van der Waals surface area contributed by atoms with Crippen LogP contribution < -0.4 is 5.73 Å². The molecular weight excluding hydrogens is 238 g/mol. The number of benzene rings is 1. The first kappa shape index (κ1) is 13.8. The number of hydrogen-bond acceptors (Lipinski definition) is 3. The Morgan fingerprint density at radius 1 is 1.47 bits per heavy atom. The third-order valence-electron chi connectivity index (χ3n) is 2.39. The number of anilines is 1. The van der Waals surface area contributed by atoms with Crippen LogP contribution in [0.5, 0.6) is 0 Å². The van der Waals surface area contributed by atoms with E-state index in [2.05, 4.69) is 13.8 Å². The van der Waals surface area contributed by atoms with Crippen molar-refractivity contribution in [2.45, 2.75) is 26.7 Å². The maximum absolute atomic E-state index is 11.7. The van der Waals surface area contributed by atoms with E-state index >= 15 is 0 Å². The number of esters is 1. The topological polar surface area (TPSA) is 52.3 Å². The van der Waals surface area contributed by atoms with Gasteiger partial charge >= 0.3 is 5.97 Å². The molecule has 1 aromatic rings. The van der Waals surface area contributed by atoms with Crippen molar-refractivity contribution in [3.05, 3.63) is 28.8 Å². The summed E-state index contributed by atoms with van der Waals surface area (Å²) in [5.41, 5.74) is 6.41. The molecule has 0 aliphatic carbocycles. The van der Waals surface area contributed by atoms with Crippen LogP contribution in [-0.2, 0) is 4.74 Å². The van der Waals surface area contributed by atoms with E-state index < -0.39 is 5.97 Å². The Kier molecular flexibility index (Phi) is 5.29. The smallest absolute Gasteiger partial charge is 0.340 e. The van der Waals surface area contributed by atoms with Crippen LogP contribution in [0.15, 0.2) is 18.2 Å². The van der Waals surface area contributed by atoms with Gasteiger partial charge in [0.15, 0.2) is 0 Å². The molecule has 0 aliphatic rings. The number of halogens is 1. The fraction of sp³-hybridized carbons (Fsp3) is 0.462. The SMILES string of the molecule is CC(C)CCCOC(=O)c1cc(Cl)ccc1N. The highest BCUT2D eigenvalue weighted by Crippen LogP contribution is 2.18. The minimum absolute atomic E-state index is 0.335. The second kappa shape index (κ2) is 6.50. The van der Waals surface area contributed by atoms with Gasteiger partial charge in [0.2, 0.25) is 0 Å². The van der Waals surface area contributed by atoms with Crippen molar-refractivity contribution in [1.29, 1.82) is 0 Å². The van der Waals surface area contributed by atoms with Crippen LogP contribution in [0, 0.1) is 5.92 Å². The second-order valence-corrected chi connectivity index (χ2v) is 4.84. The minimum atomic E-state index is -0.409. The molecule has 0 aromatic heterocycles. The monoisotopic (exact) mass is 255 g/mol. The molecule has 0 aliphatic heterocycles. The van der Waals surface area contributed by atoms with Crippen LogP contribution in [0.25, 0.3) is 0 Å². The van der Waals surface area contributed by atoms with Crippen LogP contribution in [0.1, 0.15) is 37.0 Å². The van der Waals surface area contributed by atoms with Crippen molar-refractivity contribution in [2.75, 3.05) is 12.3 Å². The van der Waals surface area contributed by atoms with E-state index in [1.807, 2.05) is 0 Å². The van der Waals surface area contributed by atoms with Crippen LogP contribution in [0.3, 0.4) is 0 Å². The van der Waals surface area contributed by atoms with E-state index in [0.29, 0.717) is 28.8 Å². The largest absolute Gasteiger partial charge is 0.462 e. The molecule has 0 fully saturated rings. The van der Waals surface area contributed by atoms with Gasteiger partial charge in [-0.1, -0.05) is 25.4 Å². The fourth-order valence-electron chi connectivity index (χ4n) is 1.44. The zero-order chi connectivity index (χ0) is 12.8. The van der Waals surface area contributed by atoms with Gasteiger partial charge in [0.05, 0.1) is 12.2 Å². The highest BCUT2D eigenvalue weighted by atomic mass is 35.5. The second-order valence-electron chi connectivity index (χ2n) is 4.40. The first-order valence-electron chi connectivity index (χ1n) is 5.73. The molecule has 0 heterocycles. The van der Waals surface area contributed by atoms with Gasteiger partial charge in [-0.3, -0.25) is 0 Å². The van der Waals surface area contributed by atoms with Crippen molar-refractivity contribution < 1.29 is 9.53 Å². The van der Waals surface area contributed by atoms with Gasteiger partial charge in [-0.25, -0.2) is 4.79 Å². The Bertz CT molecular complexity index is 391. The van der Waals surface area contributed by atoms with Crippen LogP contribution in [-0.4, -0.2) is 12.6 Å². The Morgan fingerprint density at radius 2 is 2.18 bits per heavy atom. The molecule has 0 spiro atoms. The van der Waals surface area contributed by atoms with E-state index in [1.54, 1.807) is 12.1 Å². The van der Waals surface area contributed by atoms with Crippen LogP contribution in [0.2, 0.25) is 5.02 Å². The van der Waals surface area contributed by atoms with Gasteiger partial charge in [-0.2, -0.15) is 0 Å². The van der Waals surface area contributed by atoms with Gasteiger partial charge in [-0.05, 0) is 37.0 Å². The molecule has 0 unspecified atom stereocenters. The quantitative estimate of drug-likeness (QED) is 0.498. The number of ether oxygens (including phenoxy) is 1. The van der Waals surface area contributed by atoms with Crippen LogP contribution >= 0.6 is 11.6 Å². The van der Waals surface area contributed by atoms with E-state index in [4.69, 9.17) is 22.1 Å². The maximum Gasteiger partial charge on any atom is 0.340 e. The molecule has 3 nitrogen and oxygen atoms in total. The van der Waals surface area contributed by atoms with Crippen LogP contribution in [0.4, 0.5) is 5.69 Å². The standard InChI is InChI=1S/C13H18ClNO2/c1-9(2)4-3-7-17-13(16)11-8-10(14)5-6-12(11)15/h5-6,8-9H,3-4,7,15H2,1-2H3. The predicted molar refractivity (Wildman–Crippen MR) is 70.2 cm³/mol. The van der Waals surface area contributed by atoms with Gasteiger partial charge in [0, 0.05) is 10.7 Å². The Morgan fingerprint density at radius 3 is 2.82 bits per heavy atom. The molecule has 94 valence electrons.